The van der Waals surface area contributed by atoms with Gasteiger partial charge in [0.25, 0.3) is 0 Å². The number of aromatic nitrogens is 2. The molecule has 1 amide bonds. The molecule has 7 atom stereocenters. The van der Waals surface area contributed by atoms with Gasteiger partial charge in [-0.15, -0.1) is 0 Å². The van der Waals surface area contributed by atoms with Crippen molar-refractivity contribution in [3.63, 3.8) is 0 Å². The van der Waals surface area contributed by atoms with Gasteiger partial charge in [0.05, 0.1) is 16.6 Å². The molecule has 1 aromatic carbocycles. The van der Waals surface area contributed by atoms with E-state index in [1.54, 1.807) is 6.08 Å². The summed E-state index contributed by atoms with van der Waals surface area (Å²) in [6.07, 6.45) is 7.36. The number of rotatable bonds is 2. The van der Waals surface area contributed by atoms with Crippen LogP contribution in [0, 0.1) is 34.5 Å². The van der Waals surface area contributed by atoms with Crippen molar-refractivity contribution in [2.45, 2.75) is 71.0 Å². The lowest BCUT2D eigenvalue weighted by molar-refractivity contribution is -0.139. The molecule has 1 aromatic heterocycles. The maximum atomic E-state index is 13.1. The van der Waals surface area contributed by atoms with Gasteiger partial charge in [-0.3, -0.25) is 4.79 Å². The molecule has 3 fully saturated rings. The van der Waals surface area contributed by atoms with Crippen molar-refractivity contribution in [2.75, 3.05) is 7.05 Å². The van der Waals surface area contributed by atoms with Crippen LogP contribution in [0.25, 0.3) is 11.0 Å². The first kappa shape index (κ1) is 23.1. The Morgan fingerprint density at radius 1 is 1.11 bits per heavy atom. The average molecular weight is 486 g/mol. The molecule has 35 heavy (non-hydrogen) atoms. The molecular weight excluding hydrogens is 451 g/mol. The number of aromatic amines is 1. The fourth-order valence-electron chi connectivity index (χ4n) is 8.75. The summed E-state index contributed by atoms with van der Waals surface area (Å²) in [5, 5.41) is 0. The van der Waals surface area contributed by atoms with Gasteiger partial charge in [-0.2, -0.15) is 13.2 Å². The fourth-order valence-corrected chi connectivity index (χ4v) is 8.75. The number of halogens is 3. The van der Waals surface area contributed by atoms with Gasteiger partial charge in [0.1, 0.15) is 5.82 Å². The molecule has 6 rings (SSSR count). The van der Waals surface area contributed by atoms with Crippen LogP contribution in [0.1, 0.15) is 63.8 Å². The number of carbonyl (C=O) groups is 1. The van der Waals surface area contributed by atoms with Crippen LogP contribution in [-0.4, -0.2) is 33.9 Å². The number of carbonyl (C=O) groups excluding carboxylic acids is 1. The minimum Gasteiger partial charge on any atom is -0.342 e. The number of nitrogens with one attached hydrogen (secondary N) is 1. The number of hydrogen-bond donors (Lipinski definition) is 1. The van der Waals surface area contributed by atoms with Gasteiger partial charge in [-0.1, -0.05) is 19.9 Å². The molecular formula is C28H34F3N3O. The van der Waals surface area contributed by atoms with E-state index in [4.69, 9.17) is 0 Å². The molecule has 3 saturated carbocycles. The van der Waals surface area contributed by atoms with Gasteiger partial charge in [0.15, 0.2) is 0 Å². The van der Waals surface area contributed by atoms with Crippen LogP contribution in [-0.2, 0) is 17.4 Å². The summed E-state index contributed by atoms with van der Waals surface area (Å²) in [4.78, 5) is 22.1. The van der Waals surface area contributed by atoms with Crippen LogP contribution in [0.15, 0.2) is 30.4 Å². The van der Waals surface area contributed by atoms with E-state index < -0.39 is 11.7 Å². The Bertz CT molecular complexity index is 1200. The molecule has 0 bridgehead atoms. The Balaban J connectivity index is 1.24. The minimum atomic E-state index is -4.35. The number of alkyl halides is 3. The van der Waals surface area contributed by atoms with Gasteiger partial charge in [0, 0.05) is 24.9 Å². The minimum absolute atomic E-state index is 0.0416. The second-order valence-corrected chi connectivity index (χ2v) is 12.1. The number of H-pyrrole nitrogens is 1. The number of benzene rings is 1. The Morgan fingerprint density at radius 2 is 1.91 bits per heavy atom. The predicted molar refractivity (Wildman–Crippen MR) is 128 cm³/mol. The van der Waals surface area contributed by atoms with Crippen molar-refractivity contribution >= 4 is 16.9 Å². The number of nitrogens with zero attached hydrogens (tertiary/aromatic N) is 2. The lowest BCUT2D eigenvalue weighted by atomic mass is 9.47. The van der Waals surface area contributed by atoms with Crippen LogP contribution < -0.4 is 0 Å². The molecule has 7 heteroatoms. The van der Waals surface area contributed by atoms with Crippen molar-refractivity contribution in [1.29, 1.82) is 0 Å². The van der Waals surface area contributed by atoms with Gasteiger partial charge in [-0.25, -0.2) is 4.98 Å². The highest BCUT2D eigenvalue weighted by atomic mass is 19.4. The molecule has 0 spiro atoms. The molecule has 3 aliphatic carbocycles. The van der Waals surface area contributed by atoms with Crippen molar-refractivity contribution in [1.82, 2.24) is 14.9 Å². The third-order valence-electron chi connectivity index (χ3n) is 10.6. The summed E-state index contributed by atoms with van der Waals surface area (Å²) < 4.78 is 39.4. The van der Waals surface area contributed by atoms with E-state index in [0.29, 0.717) is 40.7 Å². The van der Waals surface area contributed by atoms with Crippen LogP contribution in [0.4, 0.5) is 13.2 Å². The normalized spacial score (nSPS) is 39.0. The lowest BCUT2D eigenvalue weighted by Crippen LogP contribution is -2.59. The third kappa shape index (κ3) is 3.40. The first-order valence-corrected chi connectivity index (χ1v) is 13.0. The zero-order chi connectivity index (χ0) is 24.8. The molecule has 4 nitrogen and oxygen atoms in total. The zero-order valence-electron chi connectivity index (χ0n) is 20.7. The van der Waals surface area contributed by atoms with Crippen molar-refractivity contribution < 1.29 is 18.0 Å². The second-order valence-electron chi connectivity index (χ2n) is 12.1. The van der Waals surface area contributed by atoms with Gasteiger partial charge >= 0.3 is 6.18 Å². The molecule has 4 aliphatic rings. The first-order chi connectivity index (χ1) is 16.5. The van der Waals surface area contributed by atoms with Gasteiger partial charge in [-0.05, 0) is 91.9 Å². The quantitative estimate of drug-likeness (QED) is 0.537. The van der Waals surface area contributed by atoms with E-state index >= 15 is 0 Å². The summed E-state index contributed by atoms with van der Waals surface area (Å²) in [6.45, 7) is 4.82. The highest BCUT2D eigenvalue weighted by molar-refractivity contribution is 5.89. The van der Waals surface area contributed by atoms with E-state index in [9.17, 15) is 18.0 Å². The molecule has 2 aromatic rings. The van der Waals surface area contributed by atoms with E-state index in [1.165, 1.54) is 31.4 Å². The number of fused-ring (bicyclic) bond motifs is 6. The predicted octanol–water partition coefficient (Wildman–Crippen LogP) is 6.38. The van der Waals surface area contributed by atoms with Crippen LogP contribution in [0.5, 0.6) is 0 Å². The van der Waals surface area contributed by atoms with Gasteiger partial charge < -0.3 is 9.88 Å². The number of likely N-dealkylation sites (N-methyl/N-ethyl adjacent to an activating group) is 1. The number of amides is 1. The monoisotopic (exact) mass is 485 g/mol. The zero-order valence-corrected chi connectivity index (χ0v) is 20.7. The maximum absolute atomic E-state index is 13.1. The van der Waals surface area contributed by atoms with Crippen LogP contribution in [0.2, 0.25) is 0 Å². The Hall–Kier alpha value is -2.31. The molecule has 1 aliphatic heterocycles. The van der Waals surface area contributed by atoms with E-state index in [0.717, 1.165) is 37.6 Å². The smallest absolute Gasteiger partial charge is 0.342 e. The molecule has 2 heterocycles. The Kier molecular flexibility index (Phi) is 5.01. The largest absolute Gasteiger partial charge is 0.416 e. The molecule has 0 unspecified atom stereocenters. The topological polar surface area (TPSA) is 49.0 Å². The molecule has 188 valence electrons. The molecule has 0 radical (unpaired) electrons. The first-order valence-electron chi connectivity index (χ1n) is 13.0. The number of hydrogen-bond acceptors (Lipinski definition) is 2. The Labute approximate surface area is 204 Å². The van der Waals surface area contributed by atoms with E-state index in [1.807, 2.05) is 11.9 Å². The highest BCUT2D eigenvalue weighted by Crippen LogP contribution is 2.65. The van der Waals surface area contributed by atoms with Crippen LogP contribution >= 0.6 is 0 Å². The van der Waals surface area contributed by atoms with E-state index in [2.05, 4.69) is 29.9 Å². The summed E-state index contributed by atoms with van der Waals surface area (Å²) >= 11 is 0. The Morgan fingerprint density at radius 3 is 2.69 bits per heavy atom. The average Bonchev–Trinajstić information content (AvgIpc) is 3.36. The standard InChI is InChI=1S/C28H34F3N3O/c1-26-12-10-20-18(6-9-23-27(20,2)13-11-25(35)34(23)3)19(26)7-4-16(26)15-24-32-21-8-5-17(28(29,30)31)14-22(21)33-24/h5,8,11,13-14,16,18-20,23H,4,6-7,9-10,12,15H2,1-3H3,(H,32,33)/t16-,18+,19+,20+,23-,26-,27-/m1/s1. The summed E-state index contributed by atoms with van der Waals surface area (Å²) in [7, 11) is 1.96. The maximum Gasteiger partial charge on any atom is 0.416 e. The lowest BCUT2D eigenvalue weighted by Gasteiger charge is -2.60. The number of imidazole rings is 1. The highest BCUT2D eigenvalue weighted by Gasteiger charge is 2.60. The third-order valence-corrected chi connectivity index (χ3v) is 10.6. The van der Waals surface area contributed by atoms with Crippen LogP contribution in [0.3, 0.4) is 0 Å². The second kappa shape index (κ2) is 7.59. The van der Waals surface area contributed by atoms with Crippen molar-refractivity contribution in [2.24, 2.45) is 34.5 Å². The van der Waals surface area contributed by atoms with E-state index in [-0.39, 0.29) is 16.7 Å². The summed E-state index contributed by atoms with van der Waals surface area (Å²) in [5.41, 5.74) is 0.692. The summed E-state index contributed by atoms with van der Waals surface area (Å²) in [6, 6.07) is 4.05. The molecule has 1 N–H and O–H groups in total. The van der Waals surface area contributed by atoms with Gasteiger partial charge in [0.2, 0.25) is 5.91 Å². The molecule has 0 saturated heterocycles. The summed E-state index contributed by atoms with van der Waals surface area (Å²) in [5.74, 6) is 3.32. The SMILES string of the molecule is CN1C(=O)C=C[C@]2(C)[C@H]3CC[C@]4(C)[C@@H](Cc5nc6ccc(C(F)(F)F)cc6[nH]5)CC[C@H]4[C@@H]3CC[C@@H]12. The van der Waals surface area contributed by atoms with Crippen molar-refractivity contribution in [3.05, 3.63) is 41.7 Å². The van der Waals surface area contributed by atoms with Crippen molar-refractivity contribution in [3.8, 4) is 0 Å². The fraction of sp³-hybridized carbons (Fsp3) is 0.643.